The molecule has 0 aliphatic rings. The molecule has 1 atom stereocenters. The smallest absolute Gasteiger partial charge is 0.810 e. The topological polar surface area (TPSA) is 98.7 Å². The van der Waals surface area contributed by atoms with Crippen molar-refractivity contribution in [3.63, 3.8) is 0 Å². The molecule has 0 heterocycles. The van der Waals surface area contributed by atoms with Gasteiger partial charge in [0.2, 0.25) is 0 Å². The molecule has 10 heteroatoms. The predicted molar refractivity (Wildman–Crippen MR) is 64.9 cm³/mol. The van der Waals surface area contributed by atoms with Gasteiger partial charge in [0, 0.05) is 7.11 Å². The molecule has 0 aromatic heterocycles. The average Bonchev–Trinajstić information content (AvgIpc) is 2.19. The summed E-state index contributed by atoms with van der Waals surface area (Å²) < 4.78 is 31.8. The molecular weight excluding hydrogens is 330 g/mol. The molecule has 0 aliphatic heterocycles. The van der Waals surface area contributed by atoms with Crippen molar-refractivity contribution in [2.45, 2.75) is 0 Å². The van der Waals surface area contributed by atoms with E-state index in [-0.39, 0.29) is 48.5 Å². The molecule has 0 aliphatic carbocycles. The maximum atomic E-state index is 11.8. The van der Waals surface area contributed by atoms with Gasteiger partial charge in [-0.3, -0.25) is 0 Å². The van der Waals surface area contributed by atoms with E-state index in [2.05, 4.69) is 4.52 Å². The minimum absolute atomic E-state index is 0. The fraction of sp³-hybridized carbons (Fsp3) is 0.250. The summed E-state index contributed by atoms with van der Waals surface area (Å²) in [4.78, 5) is 21.2. The number of hydrogen-bond donors (Lipinski definition) is 0. The molecule has 0 saturated carbocycles. The largest absolute Gasteiger partial charge is 2.00 e. The maximum Gasteiger partial charge on any atom is 2.00 e. The van der Waals surface area contributed by atoms with E-state index in [0.717, 1.165) is 7.11 Å². The Hall–Kier alpha value is 0.910. The van der Waals surface area contributed by atoms with Gasteiger partial charge in [-0.1, -0.05) is 31.3 Å². The third kappa shape index (κ3) is 6.38. The Labute approximate surface area is 139 Å². The zero-order chi connectivity index (χ0) is 13.1. The molecule has 18 heavy (non-hydrogen) atoms. The number of rotatable bonds is 5. The Balaban J connectivity index is 0.00000289. The first-order chi connectivity index (χ1) is 7.76. The van der Waals surface area contributed by atoms with Gasteiger partial charge in [-0.05, 0) is 12.1 Å². The minimum atomic E-state index is -5.01. The maximum absolute atomic E-state index is 11.8. The number of hydrogen-bond acceptors (Lipinski definition) is 6. The van der Waals surface area contributed by atoms with Crippen LogP contribution >= 0.6 is 26.8 Å². The number of para-hydroxylation sites is 1. The van der Waals surface area contributed by atoms with Crippen LogP contribution in [0.25, 0.3) is 0 Å². The third-order valence-electron chi connectivity index (χ3n) is 1.70. The van der Waals surface area contributed by atoms with Gasteiger partial charge in [0.1, 0.15) is 5.75 Å². The van der Waals surface area contributed by atoms with Crippen molar-refractivity contribution in [3.8, 4) is 5.75 Å². The van der Waals surface area contributed by atoms with Crippen molar-refractivity contribution in [1.29, 1.82) is 0 Å². The molecule has 0 bridgehead atoms. The first-order valence-corrected chi connectivity index (χ1v) is 8.19. The summed E-state index contributed by atoms with van der Waals surface area (Å²) >= 11 is 5.73. The van der Waals surface area contributed by atoms with Crippen LogP contribution < -0.4 is 14.3 Å². The van der Waals surface area contributed by atoms with Crippen molar-refractivity contribution in [3.05, 3.63) is 29.3 Å². The molecule has 1 unspecified atom stereocenters. The Morgan fingerprint density at radius 3 is 2.28 bits per heavy atom. The van der Waals surface area contributed by atoms with E-state index in [1.165, 1.54) is 12.1 Å². The molecule has 1 rings (SSSR count). The van der Waals surface area contributed by atoms with E-state index in [9.17, 15) is 18.9 Å². The van der Waals surface area contributed by atoms with Crippen molar-refractivity contribution in [1.82, 2.24) is 0 Å². The molecule has 0 N–H and O–H groups in total. The Morgan fingerprint density at radius 1 is 1.28 bits per heavy atom. The molecule has 6 nitrogen and oxygen atoms in total. The second-order valence-electron chi connectivity index (χ2n) is 3.07. The van der Waals surface area contributed by atoms with Crippen molar-refractivity contribution >= 4 is 64.5 Å². The van der Waals surface area contributed by atoms with E-state index in [1.54, 1.807) is 12.1 Å². The normalized spacial score (nSPS) is 14.4. The molecule has 1 aromatic carbocycles. The molecule has 96 valence electrons. The summed E-state index contributed by atoms with van der Waals surface area (Å²) in [5, 5.41) is 0.136. The fourth-order valence-electron chi connectivity index (χ4n) is 1.00. The zero-order valence-corrected chi connectivity index (χ0v) is 14.2. The van der Waals surface area contributed by atoms with E-state index < -0.39 is 21.1 Å². The van der Waals surface area contributed by atoms with Crippen LogP contribution in [0.5, 0.6) is 5.75 Å². The van der Waals surface area contributed by atoms with E-state index >= 15 is 0 Å². The summed E-state index contributed by atoms with van der Waals surface area (Å²) in [7, 11) is -8.06. The van der Waals surface area contributed by atoms with Crippen LogP contribution in [0.3, 0.4) is 0 Å². The number of halogens is 1. The first kappa shape index (κ1) is 18.9. The van der Waals surface area contributed by atoms with Gasteiger partial charge in [0.25, 0.3) is 0 Å². The van der Waals surface area contributed by atoms with Crippen molar-refractivity contribution in [2.24, 2.45) is 0 Å². The Morgan fingerprint density at radius 2 is 1.83 bits per heavy atom. The van der Waals surface area contributed by atoms with Gasteiger partial charge < -0.3 is 23.4 Å². The van der Waals surface area contributed by atoms with Crippen molar-refractivity contribution in [2.75, 3.05) is 13.0 Å². The van der Waals surface area contributed by atoms with Crippen LogP contribution in [0.2, 0.25) is 5.02 Å². The Kier molecular flexibility index (Phi) is 8.01. The van der Waals surface area contributed by atoms with Crippen LogP contribution in [0.4, 0.5) is 0 Å². The predicted octanol–water partition coefficient (Wildman–Crippen LogP) is 1.05. The first-order valence-electron chi connectivity index (χ1n) is 4.36. The SMILES string of the molecule is COP(=O)(CP(=O)([O-])[O-])Oc1ccccc1Cl.[Ca+2]. The summed E-state index contributed by atoms with van der Waals surface area (Å²) in [6.07, 6.45) is 0. The molecule has 0 fully saturated rings. The molecular formula is C8H9CaClO6P2. The van der Waals surface area contributed by atoms with Crippen LogP contribution in [0, 0.1) is 0 Å². The molecule has 1 aromatic rings. The van der Waals surface area contributed by atoms with E-state index in [1.807, 2.05) is 0 Å². The average molecular weight is 339 g/mol. The van der Waals surface area contributed by atoms with Crippen LogP contribution in [-0.4, -0.2) is 50.8 Å². The van der Waals surface area contributed by atoms with Gasteiger partial charge >= 0.3 is 45.3 Å². The number of benzene rings is 1. The Bertz CT molecular complexity index is 490. The standard InChI is InChI=1S/C8H11ClO6P2.Ca/c1-14-17(13,6-16(10,11)12)15-8-5-3-2-4-7(8)9;/h2-5H,6H2,1H3,(H2,10,11,12);/q;+2/p-2. The monoisotopic (exact) mass is 338 g/mol. The second kappa shape index (κ2) is 7.63. The summed E-state index contributed by atoms with van der Waals surface area (Å²) in [5.41, 5.74) is 0. The molecule has 0 spiro atoms. The van der Waals surface area contributed by atoms with Crippen LogP contribution in [-0.2, 0) is 13.7 Å². The fourth-order valence-corrected chi connectivity index (χ4v) is 4.16. The van der Waals surface area contributed by atoms with Gasteiger partial charge in [-0.2, -0.15) is 0 Å². The molecule has 0 saturated heterocycles. The van der Waals surface area contributed by atoms with Crippen LogP contribution in [0.15, 0.2) is 24.3 Å². The van der Waals surface area contributed by atoms with Gasteiger partial charge in [0.15, 0.2) is 0 Å². The van der Waals surface area contributed by atoms with Crippen molar-refractivity contribution < 1.29 is 28.0 Å². The summed E-state index contributed by atoms with van der Waals surface area (Å²) in [6, 6.07) is 6.01. The quantitative estimate of drug-likeness (QED) is 0.588. The summed E-state index contributed by atoms with van der Waals surface area (Å²) in [6.45, 7) is 0. The van der Waals surface area contributed by atoms with Gasteiger partial charge in [-0.25, -0.2) is 4.57 Å². The molecule has 0 radical (unpaired) electrons. The summed E-state index contributed by atoms with van der Waals surface area (Å²) in [5.74, 6) is -1.23. The third-order valence-corrected chi connectivity index (χ3v) is 5.81. The van der Waals surface area contributed by atoms with E-state index in [0.29, 0.717) is 0 Å². The minimum Gasteiger partial charge on any atom is -0.810 e. The van der Waals surface area contributed by atoms with Crippen LogP contribution in [0.1, 0.15) is 0 Å². The molecule has 0 amide bonds. The second-order valence-corrected chi connectivity index (χ2v) is 7.60. The zero-order valence-electron chi connectivity index (χ0n) is 9.45. The van der Waals surface area contributed by atoms with Gasteiger partial charge in [-0.15, -0.1) is 0 Å². The van der Waals surface area contributed by atoms with E-state index in [4.69, 9.17) is 16.1 Å². The van der Waals surface area contributed by atoms with Gasteiger partial charge in [0.05, 0.1) is 10.9 Å².